The van der Waals surface area contributed by atoms with Crippen molar-refractivity contribution in [3.8, 4) is 5.75 Å². The second kappa shape index (κ2) is 4.87. The third-order valence-electron chi connectivity index (χ3n) is 3.29. The fraction of sp³-hybridized carbons (Fsp3) is 0.133. The van der Waals surface area contributed by atoms with Gasteiger partial charge in [-0.05, 0) is 18.2 Å². The summed E-state index contributed by atoms with van der Waals surface area (Å²) >= 11 is 5.83. The molecular formula is C15H9ClF2O2. The molecular weight excluding hydrogens is 286 g/mol. The second-order valence-corrected chi connectivity index (χ2v) is 4.92. The van der Waals surface area contributed by atoms with Gasteiger partial charge >= 0.3 is 0 Å². The molecule has 1 aliphatic rings. The van der Waals surface area contributed by atoms with Gasteiger partial charge in [-0.15, -0.1) is 0 Å². The number of ketones is 1. The first-order valence-electron chi connectivity index (χ1n) is 5.98. The monoisotopic (exact) mass is 294 g/mol. The average Bonchev–Trinajstić information content (AvgIpc) is 2.86. The standard InChI is InChI=1S/C15H9ClF2O2/c16-11-6-13(18)12(17)5-9(11)15(19)10-7-20-14-4-2-1-3-8(10)14/h1-6,10H,7H2. The smallest absolute Gasteiger partial charge is 0.175 e. The number of hydrogen-bond acceptors (Lipinski definition) is 2. The number of fused-ring (bicyclic) bond motifs is 1. The van der Waals surface area contributed by atoms with Crippen LogP contribution in [0.25, 0.3) is 0 Å². The molecule has 0 fully saturated rings. The van der Waals surface area contributed by atoms with Crippen molar-refractivity contribution >= 4 is 17.4 Å². The number of benzene rings is 2. The highest BCUT2D eigenvalue weighted by molar-refractivity contribution is 6.34. The molecule has 0 radical (unpaired) electrons. The summed E-state index contributed by atoms with van der Waals surface area (Å²) in [6.07, 6.45) is 0. The topological polar surface area (TPSA) is 26.3 Å². The largest absolute Gasteiger partial charge is 0.492 e. The molecule has 1 heterocycles. The molecule has 0 saturated carbocycles. The van der Waals surface area contributed by atoms with E-state index in [2.05, 4.69) is 0 Å². The molecule has 5 heteroatoms. The van der Waals surface area contributed by atoms with Crippen molar-refractivity contribution in [3.05, 3.63) is 64.2 Å². The third kappa shape index (κ3) is 2.06. The SMILES string of the molecule is O=C(c1cc(F)c(F)cc1Cl)C1COc2ccccc21. The maximum absolute atomic E-state index is 13.3. The number of para-hydroxylation sites is 1. The quantitative estimate of drug-likeness (QED) is 0.619. The highest BCUT2D eigenvalue weighted by Crippen LogP contribution is 2.36. The minimum atomic E-state index is -1.09. The Kier molecular flexibility index (Phi) is 3.18. The summed E-state index contributed by atoms with van der Waals surface area (Å²) in [7, 11) is 0. The Morgan fingerprint density at radius 2 is 1.90 bits per heavy atom. The van der Waals surface area contributed by atoms with E-state index >= 15 is 0 Å². The van der Waals surface area contributed by atoms with E-state index in [-0.39, 0.29) is 23.0 Å². The molecule has 0 spiro atoms. The first-order chi connectivity index (χ1) is 9.58. The van der Waals surface area contributed by atoms with E-state index in [1.54, 1.807) is 24.3 Å². The van der Waals surface area contributed by atoms with Crippen LogP contribution in [0.3, 0.4) is 0 Å². The van der Waals surface area contributed by atoms with Crippen LogP contribution in [0.1, 0.15) is 21.8 Å². The van der Waals surface area contributed by atoms with Crippen LogP contribution in [0.5, 0.6) is 5.75 Å². The molecule has 0 aromatic heterocycles. The fourth-order valence-electron chi connectivity index (χ4n) is 2.28. The lowest BCUT2D eigenvalue weighted by molar-refractivity contribution is 0.0947. The van der Waals surface area contributed by atoms with E-state index in [0.29, 0.717) is 5.75 Å². The fourth-order valence-corrected chi connectivity index (χ4v) is 2.52. The van der Waals surface area contributed by atoms with Crippen LogP contribution in [-0.2, 0) is 0 Å². The highest BCUT2D eigenvalue weighted by Gasteiger charge is 2.32. The molecule has 2 aromatic rings. The first kappa shape index (κ1) is 13.1. The predicted molar refractivity (Wildman–Crippen MR) is 70.4 cm³/mol. The van der Waals surface area contributed by atoms with E-state index in [4.69, 9.17) is 16.3 Å². The molecule has 1 aliphatic heterocycles. The molecule has 0 aliphatic carbocycles. The van der Waals surface area contributed by atoms with E-state index in [1.165, 1.54) is 0 Å². The Morgan fingerprint density at radius 3 is 2.70 bits per heavy atom. The van der Waals surface area contributed by atoms with Crippen LogP contribution >= 0.6 is 11.6 Å². The van der Waals surface area contributed by atoms with Gasteiger partial charge in [-0.25, -0.2) is 8.78 Å². The molecule has 0 N–H and O–H groups in total. The summed E-state index contributed by atoms with van der Waals surface area (Å²) < 4.78 is 31.7. The molecule has 1 unspecified atom stereocenters. The molecule has 2 nitrogen and oxygen atoms in total. The number of rotatable bonds is 2. The molecule has 0 bridgehead atoms. The van der Waals surface area contributed by atoms with E-state index in [0.717, 1.165) is 17.7 Å². The van der Waals surface area contributed by atoms with Crippen molar-refractivity contribution in [2.75, 3.05) is 6.61 Å². The van der Waals surface area contributed by atoms with Gasteiger partial charge in [0.15, 0.2) is 17.4 Å². The molecule has 1 atom stereocenters. The van der Waals surface area contributed by atoms with Gasteiger partial charge in [0.25, 0.3) is 0 Å². The van der Waals surface area contributed by atoms with Gasteiger partial charge in [0.1, 0.15) is 12.4 Å². The molecule has 0 saturated heterocycles. The van der Waals surface area contributed by atoms with Crippen molar-refractivity contribution in [2.24, 2.45) is 0 Å². The van der Waals surface area contributed by atoms with Crippen LogP contribution < -0.4 is 4.74 Å². The number of Topliss-reactive ketones (excluding diaryl/α,β-unsaturated/α-hetero) is 1. The lowest BCUT2D eigenvalue weighted by atomic mass is 9.92. The van der Waals surface area contributed by atoms with Gasteiger partial charge in [0.2, 0.25) is 0 Å². The Balaban J connectivity index is 2.01. The number of carbonyl (C=O) groups excluding carboxylic acids is 1. The number of carbonyl (C=O) groups is 1. The Labute approximate surface area is 118 Å². The van der Waals surface area contributed by atoms with Crippen molar-refractivity contribution in [3.63, 3.8) is 0 Å². The summed E-state index contributed by atoms with van der Waals surface area (Å²) in [5.74, 6) is -2.46. The lowest BCUT2D eigenvalue weighted by Crippen LogP contribution is -2.15. The van der Waals surface area contributed by atoms with Crippen molar-refractivity contribution in [2.45, 2.75) is 5.92 Å². The van der Waals surface area contributed by atoms with Crippen LogP contribution in [0.4, 0.5) is 8.78 Å². The summed E-state index contributed by atoms with van der Waals surface area (Å²) in [5.41, 5.74) is 0.703. The van der Waals surface area contributed by atoms with Crippen molar-refractivity contribution < 1.29 is 18.3 Å². The van der Waals surface area contributed by atoms with Gasteiger partial charge in [0, 0.05) is 11.1 Å². The van der Waals surface area contributed by atoms with Gasteiger partial charge in [-0.1, -0.05) is 29.8 Å². The molecule has 102 valence electrons. The van der Waals surface area contributed by atoms with Gasteiger partial charge in [0.05, 0.1) is 10.9 Å². The Hall–Kier alpha value is -1.94. The Morgan fingerprint density at radius 1 is 1.20 bits per heavy atom. The van der Waals surface area contributed by atoms with Crippen molar-refractivity contribution in [1.29, 1.82) is 0 Å². The highest BCUT2D eigenvalue weighted by atomic mass is 35.5. The van der Waals surface area contributed by atoms with Gasteiger partial charge in [-0.3, -0.25) is 4.79 Å². The van der Waals surface area contributed by atoms with E-state index < -0.39 is 17.6 Å². The molecule has 20 heavy (non-hydrogen) atoms. The zero-order valence-corrected chi connectivity index (χ0v) is 11.0. The zero-order valence-electron chi connectivity index (χ0n) is 10.2. The predicted octanol–water partition coefficient (Wildman–Crippen LogP) is 3.98. The maximum atomic E-state index is 13.3. The normalized spacial score (nSPS) is 16.6. The number of hydrogen-bond donors (Lipinski definition) is 0. The van der Waals surface area contributed by atoms with Crippen molar-refractivity contribution in [1.82, 2.24) is 0 Å². The van der Waals surface area contributed by atoms with E-state index in [1.807, 2.05) is 0 Å². The number of halogens is 3. The average molecular weight is 295 g/mol. The van der Waals surface area contributed by atoms with Gasteiger partial charge in [-0.2, -0.15) is 0 Å². The lowest BCUT2D eigenvalue weighted by Gasteiger charge is -2.10. The zero-order chi connectivity index (χ0) is 14.3. The Bertz CT molecular complexity index is 700. The third-order valence-corrected chi connectivity index (χ3v) is 3.60. The summed E-state index contributed by atoms with van der Waals surface area (Å²) in [5, 5.41) is -0.0988. The summed E-state index contributed by atoms with van der Waals surface area (Å²) in [4.78, 5) is 12.4. The molecule has 3 rings (SSSR count). The van der Waals surface area contributed by atoms with Crippen LogP contribution in [-0.4, -0.2) is 12.4 Å². The van der Waals surface area contributed by atoms with Crippen LogP contribution in [0, 0.1) is 11.6 Å². The van der Waals surface area contributed by atoms with Crippen LogP contribution in [0.2, 0.25) is 5.02 Å². The summed E-state index contributed by atoms with van der Waals surface area (Å²) in [6.45, 7) is 0.174. The van der Waals surface area contributed by atoms with Crippen LogP contribution in [0.15, 0.2) is 36.4 Å². The minimum Gasteiger partial charge on any atom is -0.492 e. The maximum Gasteiger partial charge on any atom is 0.175 e. The first-order valence-corrected chi connectivity index (χ1v) is 6.36. The number of ether oxygens (including phenoxy) is 1. The summed E-state index contributed by atoms with van der Waals surface area (Å²) in [6, 6.07) is 8.78. The molecule has 0 amide bonds. The second-order valence-electron chi connectivity index (χ2n) is 4.51. The van der Waals surface area contributed by atoms with Gasteiger partial charge < -0.3 is 4.74 Å². The van der Waals surface area contributed by atoms with E-state index in [9.17, 15) is 13.6 Å². The minimum absolute atomic E-state index is 0.0316. The molecule has 2 aromatic carbocycles.